The number of aryl methyl sites for hydroxylation is 1. The third-order valence-electron chi connectivity index (χ3n) is 5.00. The van der Waals surface area contributed by atoms with Gasteiger partial charge in [-0.15, -0.1) is 0 Å². The van der Waals surface area contributed by atoms with Crippen LogP contribution in [-0.2, 0) is 11.2 Å². The molecular formula is C23H21N5O3. The third-order valence-corrected chi connectivity index (χ3v) is 5.00. The van der Waals surface area contributed by atoms with Gasteiger partial charge in [-0.3, -0.25) is 14.6 Å². The topological polar surface area (TPSA) is 134 Å². The van der Waals surface area contributed by atoms with Crippen LogP contribution in [0, 0.1) is 0 Å². The fourth-order valence-electron chi connectivity index (χ4n) is 3.30. The smallest absolute Gasteiger partial charge is 0.252 e. The number of aromatic hydroxyl groups is 1. The summed E-state index contributed by atoms with van der Waals surface area (Å²) < 4.78 is 0. The molecule has 0 aliphatic heterocycles. The van der Waals surface area contributed by atoms with Gasteiger partial charge >= 0.3 is 0 Å². The first kappa shape index (κ1) is 20.1. The van der Waals surface area contributed by atoms with Gasteiger partial charge in [0.1, 0.15) is 17.6 Å². The van der Waals surface area contributed by atoms with E-state index in [-0.39, 0.29) is 5.75 Å². The summed E-state index contributed by atoms with van der Waals surface area (Å²) in [4.78, 5) is 36.3. The van der Waals surface area contributed by atoms with Crippen molar-refractivity contribution < 1.29 is 14.7 Å². The highest BCUT2D eigenvalue weighted by molar-refractivity contribution is 5.99. The lowest BCUT2D eigenvalue weighted by Gasteiger charge is -2.15. The number of benzene rings is 2. The zero-order valence-electron chi connectivity index (χ0n) is 16.6. The summed E-state index contributed by atoms with van der Waals surface area (Å²) in [5.74, 6) is -0.144. The summed E-state index contributed by atoms with van der Waals surface area (Å²) >= 11 is 0. The molecule has 2 heterocycles. The van der Waals surface area contributed by atoms with Crippen LogP contribution < -0.4 is 11.1 Å². The Morgan fingerprint density at radius 1 is 1.06 bits per heavy atom. The summed E-state index contributed by atoms with van der Waals surface area (Å²) in [6, 6.07) is 14.7. The van der Waals surface area contributed by atoms with Crippen molar-refractivity contribution in [1.82, 2.24) is 20.3 Å². The van der Waals surface area contributed by atoms with E-state index in [4.69, 9.17) is 5.73 Å². The first-order chi connectivity index (χ1) is 15.0. The van der Waals surface area contributed by atoms with Crippen LogP contribution >= 0.6 is 0 Å². The van der Waals surface area contributed by atoms with E-state index in [0.29, 0.717) is 29.7 Å². The normalized spacial score (nSPS) is 11.9. The summed E-state index contributed by atoms with van der Waals surface area (Å²) in [5, 5.41) is 12.1. The molecule has 0 spiro atoms. The molecule has 2 aromatic heterocycles. The Bertz CT molecular complexity index is 1220. The second-order valence-electron chi connectivity index (χ2n) is 7.19. The quantitative estimate of drug-likeness (QED) is 0.368. The van der Waals surface area contributed by atoms with Crippen LogP contribution in [0.2, 0.25) is 0 Å². The number of imidazole rings is 1. The molecule has 31 heavy (non-hydrogen) atoms. The second kappa shape index (κ2) is 8.66. The van der Waals surface area contributed by atoms with Crippen molar-refractivity contribution in [1.29, 1.82) is 0 Å². The number of rotatable bonds is 7. The minimum Gasteiger partial charge on any atom is -0.508 e. The summed E-state index contributed by atoms with van der Waals surface area (Å²) in [7, 11) is 0. The van der Waals surface area contributed by atoms with Gasteiger partial charge in [0.2, 0.25) is 5.91 Å². The molecule has 4 rings (SSSR count). The number of nitrogens with zero attached hydrogens (tertiary/aromatic N) is 2. The monoisotopic (exact) mass is 415 g/mol. The number of phenolic OH excluding ortho intramolecular Hbond substituents is 1. The van der Waals surface area contributed by atoms with Crippen molar-refractivity contribution in [3.63, 3.8) is 0 Å². The Morgan fingerprint density at radius 3 is 2.52 bits per heavy atom. The van der Waals surface area contributed by atoms with Gasteiger partial charge in [0.05, 0.1) is 11.0 Å². The van der Waals surface area contributed by atoms with Crippen molar-refractivity contribution in [2.75, 3.05) is 0 Å². The van der Waals surface area contributed by atoms with E-state index in [2.05, 4.69) is 20.3 Å². The average Bonchev–Trinajstić information content (AvgIpc) is 3.21. The predicted octanol–water partition coefficient (Wildman–Crippen LogP) is 2.55. The maximum absolute atomic E-state index is 12.7. The van der Waals surface area contributed by atoms with Crippen LogP contribution in [0.4, 0.5) is 0 Å². The SMILES string of the molecule is NC(=O)[C@H](CCc1ccc(O)cc1)NC(=O)c1ccc2nc(-c3ccncc3)[nH]c2c1. The molecule has 0 unspecified atom stereocenters. The van der Waals surface area contributed by atoms with E-state index in [0.717, 1.165) is 16.6 Å². The van der Waals surface area contributed by atoms with Crippen molar-refractivity contribution >= 4 is 22.8 Å². The highest BCUT2D eigenvalue weighted by Gasteiger charge is 2.19. The van der Waals surface area contributed by atoms with Gasteiger partial charge in [-0.1, -0.05) is 12.1 Å². The molecule has 0 aliphatic carbocycles. The fraction of sp³-hybridized carbons (Fsp3) is 0.130. The number of nitrogens with two attached hydrogens (primary N) is 1. The number of phenols is 1. The lowest BCUT2D eigenvalue weighted by Crippen LogP contribution is -2.44. The number of aromatic amines is 1. The molecule has 8 heteroatoms. The van der Waals surface area contributed by atoms with Gasteiger partial charge in [-0.2, -0.15) is 0 Å². The van der Waals surface area contributed by atoms with Crippen molar-refractivity contribution in [3.05, 3.63) is 78.1 Å². The number of primary amides is 1. The number of H-pyrrole nitrogens is 1. The minimum absolute atomic E-state index is 0.171. The number of pyridine rings is 1. The molecular weight excluding hydrogens is 394 g/mol. The van der Waals surface area contributed by atoms with Crippen LogP contribution in [0.5, 0.6) is 5.75 Å². The van der Waals surface area contributed by atoms with Crippen molar-refractivity contribution in [2.24, 2.45) is 5.73 Å². The molecule has 1 atom stereocenters. The maximum Gasteiger partial charge on any atom is 0.252 e. The van der Waals surface area contributed by atoms with Gasteiger partial charge in [0, 0.05) is 23.5 Å². The Hall–Kier alpha value is -4.20. The van der Waals surface area contributed by atoms with Crippen LogP contribution in [0.25, 0.3) is 22.4 Å². The Kier molecular flexibility index (Phi) is 5.61. The lowest BCUT2D eigenvalue weighted by atomic mass is 10.0. The van der Waals surface area contributed by atoms with Crippen molar-refractivity contribution in [2.45, 2.75) is 18.9 Å². The molecule has 4 aromatic rings. The number of aromatic nitrogens is 3. The first-order valence-electron chi connectivity index (χ1n) is 9.78. The van der Waals surface area contributed by atoms with E-state index in [1.807, 2.05) is 12.1 Å². The number of nitrogens with one attached hydrogen (secondary N) is 2. The predicted molar refractivity (Wildman–Crippen MR) is 116 cm³/mol. The van der Waals surface area contributed by atoms with Crippen molar-refractivity contribution in [3.8, 4) is 17.1 Å². The largest absolute Gasteiger partial charge is 0.508 e. The molecule has 0 aliphatic rings. The van der Waals surface area contributed by atoms with E-state index in [1.54, 1.807) is 54.9 Å². The van der Waals surface area contributed by atoms with E-state index < -0.39 is 17.9 Å². The minimum atomic E-state index is -0.814. The molecule has 5 N–H and O–H groups in total. The van der Waals surface area contributed by atoms with Gasteiger partial charge in [0.25, 0.3) is 5.91 Å². The summed E-state index contributed by atoms with van der Waals surface area (Å²) in [6.07, 6.45) is 4.25. The lowest BCUT2D eigenvalue weighted by molar-refractivity contribution is -0.120. The number of hydrogen-bond donors (Lipinski definition) is 4. The number of fused-ring (bicyclic) bond motifs is 1. The van der Waals surface area contributed by atoms with E-state index in [9.17, 15) is 14.7 Å². The number of hydrogen-bond acceptors (Lipinski definition) is 5. The molecule has 2 amide bonds. The zero-order valence-corrected chi connectivity index (χ0v) is 16.6. The van der Waals surface area contributed by atoms with Gasteiger partial charge in [-0.25, -0.2) is 4.98 Å². The molecule has 0 saturated heterocycles. The standard InChI is InChI=1S/C23H21N5O3/c24-21(30)19(7-3-14-1-5-17(29)6-2-14)28-23(31)16-4-8-18-20(13-16)27-22(26-18)15-9-11-25-12-10-15/h1-2,4-6,8-13,19,29H,3,7H2,(H2,24,30)(H,26,27)(H,28,31)/t19-/m0/s1. The second-order valence-corrected chi connectivity index (χ2v) is 7.19. The Morgan fingerprint density at radius 2 is 1.81 bits per heavy atom. The van der Waals surface area contributed by atoms with Crippen LogP contribution in [0.3, 0.4) is 0 Å². The van der Waals surface area contributed by atoms with Gasteiger partial charge in [-0.05, 0) is 60.9 Å². The number of carbonyl (C=O) groups is 2. The van der Waals surface area contributed by atoms with Gasteiger partial charge < -0.3 is 21.1 Å². The van der Waals surface area contributed by atoms with E-state index in [1.165, 1.54) is 0 Å². The molecule has 8 nitrogen and oxygen atoms in total. The molecule has 2 aromatic carbocycles. The highest BCUT2D eigenvalue weighted by Crippen LogP contribution is 2.21. The Labute approximate surface area is 178 Å². The number of carbonyl (C=O) groups excluding carboxylic acids is 2. The molecule has 0 saturated carbocycles. The molecule has 0 bridgehead atoms. The van der Waals surface area contributed by atoms with Crippen LogP contribution in [0.15, 0.2) is 67.0 Å². The first-order valence-corrected chi connectivity index (χ1v) is 9.78. The summed E-state index contributed by atoms with van der Waals surface area (Å²) in [5.41, 5.74) is 9.14. The molecule has 0 radical (unpaired) electrons. The maximum atomic E-state index is 12.7. The Balaban J connectivity index is 1.47. The number of amides is 2. The molecule has 0 fully saturated rings. The summed E-state index contributed by atoms with van der Waals surface area (Å²) in [6.45, 7) is 0. The van der Waals surface area contributed by atoms with E-state index >= 15 is 0 Å². The van der Waals surface area contributed by atoms with Crippen LogP contribution in [0.1, 0.15) is 22.3 Å². The third kappa shape index (κ3) is 4.69. The van der Waals surface area contributed by atoms with Gasteiger partial charge in [0.15, 0.2) is 0 Å². The molecule has 156 valence electrons. The highest BCUT2D eigenvalue weighted by atomic mass is 16.3. The average molecular weight is 415 g/mol. The fourth-order valence-corrected chi connectivity index (χ4v) is 3.30. The van der Waals surface area contributed by atoms with Crippen LogP contribution in [-0.4, -0.2) is 37.9 Å². The zero-order chi connectivity index (χ0) is 21.8.